The Bertz CT molecular complexity index is 761. The van der Waals surface area contributed by atoms with Crippen LogP contribution in [0.5, 0.6) is 0 Å². The van der Waals surface area contributed by atoms with Crippen molar-refractivity contribution in [3.63, 3.8) is 0 Å². The Kier molecular flexibility index (Phi) is 3.47. The van der Waals surface area contributed by atoms with Crippen LogP contribution in [0.15, 0.2) is 65.9 Å². The third-order valence-electron chi connectivity index (χ3n) is 2.99. The molecule has 0 spiro atoms. The first-order chi connectivity index (χ1) is 10.2. The molecule has 0 radical (unpaired) electrons. The summed E-state index contributed by atoms with van der Waals surface area (Å²) in [4.78, 5) is 4.27. The van der Waals surface area contributed by atoms with Crippen LogP contribution in [0.3, 0.4) is 0 Å². The molecular weight excluding hydrogens is 267 g/mol. The van der Waals surface area contributed by atoms with E-state index < -0.39 is 0 Å². The molecule has 0 aliphatic heterocycles. The summed E-state index contributed by atoms with van der Waals surface area (Å²) in [6, 6.07) is 15.8. The Morgan fingerprint density at radius 2 is 1.76 bits per heavy atom. The van der Waals surface area contributed by atoms with E-state index in [0.29, 0.717) is 5.95 Å². The number of hydrogen-bond acceptors (Lipinski definition) is 3. The number of nitrogens with zero attached hydrogens (tertiary/aromatic N) is 3. The summed E-state index contributed by atoms with van der Waals surface area (Å²) in [6.45, 7) is 0. The maximum Gasteiger partial charge on any atom is 0.221 e. The lowest BCUT2D eigenvalue weighted by Gasteiger charge is -1.95. The quantitative estimate of drug-likeness (QED) is 0.749. The van der Waals surface area contributed by atoms with E-state index >= 15 is 0 Å². The Morgan fingerprint density at radius 3 is 2.48 bits per heavy atom. The molecule has 0 saturated heterocycles. The lowest BCUT2D eigenvalue weighted by atomic mass is 10.2. The molecule has 0 atom stereocenters. The summed E-state index contributed by atoms with van der Waals surface area (Å²) in [7, 11) is 0. The number of anilines is 1. The molecule has 2 aromatic carbocycles. The van der Waals surface area contributed by atoms with E-state index in [0.717, 1.165) is 16.8 Å². The van der Waals surface area contributed by atoms with Crippen LogP contribution in [0.25, 0.3) is 11.3 Å². The van der Waals surface area contributed by atoms with E-state index in [9.17, 15) is 4.39 Å². The van der Waals surface area contributed by atoms with Gasteiger partial charge >= 0.3 is 0 Å². The molecule has 2 N–H and O–H groups in total. The summed E-state index contributed by atoms with van der Waals surface area (Å²) in [5.41, 5.74) is 8.35. The highest BCUT2D eigenvalue weighted by Gasteiger charge is 2.05. The van der Waals surface area contributed by atoms with E-state index in [1.54, 1.807) is 24.5 Å². The fourth-order valence-electron chi connectivity index (χ4n) is 1.90. The summed E-state index contributed by atoms with van der Waals surface area (Å²) in [5, 5.41) is 4.23. The van der Waals surface area contributed by atoms with Crippen molar-refractivity contribution in [1.29, 1.82) is 0 Å². The molecular formula is C16H13FN4. The van der Waals surface area contributed by atoms with Gasteiger partial charge in [0.05, 0.1) is 18.1 Å². The minimum atomic E-state index is -0.277. The molecule has 0 fully saturated rings. The van der Waals surface area contributed by atoms with Crippen LogP contribution in [0.2, 0.25) is 0 Å². The minimum absolute atomic E-state index is 0.277. The zero-order valence-electron chi connectivity index (χ0n) is 11.1. The highest BCUT2D eigenvalue weighted by molar-refractivity contribution is 5.79. The molecule has 5 heteroatoms. The van der Waals surface area contributed by atoms with Gasteiger partial charge in [-0.15, -0.1) is 0 Å². The highest BCUT2D eigenvalue weighted by atomic mass is 19.1. The Hall–Kier alpha value is -2.95. The second kappa shape index (κ2) is 5.58. The second-order valence-corrected chi connectivity index (χ2v) is 4.49. The molecule has 0 aliphatic carbocycles. The third kappa shape index (κ3) is 2.97. The predicted molar refractivity (Wildman–Crippen MR) is 81.5 cm³/mol. The number of halogens is 1. The average molecular weight is 280 g/mol. The fourth-order valence-corrected chi connectivity index (χ4v) is 1.90. The lowest BCUT2D eigenvalue weighted by Crippen LogP contribution is -1.96. The van der Waals surface area contributed by atoms with Crippen molar-refractivity contribution in [2.24, 2.45) is 5.10 Å². The summed E-state index contributed by atoms with van der Waals surface area (Å²) < 4.78 is 14.3. The van der Waals surface area contributed by atoms with Gasteiger partial charge in [0.1, 0.15) is 5.82 Å². The molecule has 1 heterocycles. The number of nitrogens with two attached hydrogens (primary N) is 1. The monoisotopic (exact) mass is 280 g/mol. The van der Waals surface area contributed by atoms with E-state index in [-0.39, 0.29) is 5.82 Å². The summed E-state index contributed by atoms with van der Waals surface area (Å²) in [6.07, 6.45) is 3.36. The van der Waals surface area contributed by atoms with Crippen molar-refractivity contribution in [1.82, 2.24) is 9.66 Å². The van der Waals surface area contributed by atoms with Crippen molar-refractivity contribution in [3.8, 4) is 11.3 Å². The first-order valence-corrected chi connectivity index (χ1v) is 6.42. The second-order valence-electron chi connectivity index (χ2n) is 4.49. The molecule has 0 unspecified atom stereocenters. The van der Waals surface area contributed by atoms with Crippen LogP contribution in [-0.4, -0.2) is 15.9 Å². The number of rotatable bonds is 3. The molecule has 0 aliphatic rings. The Labute approximate surface area is 121 Å². The van der Waals surface area contributed by atoms with Crippen molar-refractivity contribution < 1.29 is 4.39 Å². The van der Waals surface area contributed by atoms with Gasteiger partial charge in [0.15, 0.2) is 0 Å². The topological polar surface area (TPSA) is 56.2 Å². The van der Waals surface area contributed by atoms with Gasteiger partial charge in [-0.3, -0.25) is 0 Å². The van der Waals surface area contributed by atoms with Gasteiger partial charge < -0.3 is 5.73 Å². The van der Waals surface area contributed by atoms with E-state index in [1.807, 2.05) is 30.3 Å². The molecule has 3 aromatic rings. The standard InChI is InChI=1S/C16H13FN4/c17-14-8-6-12(7-9-14)10-19-21-11-15(20-16(21)18)13-4-2-1-3-5-13/h1-11H,(H2,18,20). The van der Waals surface area contributed by atoms with E-state index in [4.69, 9.17) is 5.73 Å². The fraction of sp³-hybridized carbons (Fsp3) is 0. The van der Waals surface area contributed by atoms with Gasteiger partial charge in [0.25, 0.3) is 0 Å². The maximum absolute atomic E-state index is 12.8. The number of aromatic nitrogens is 2. The number of benzene rings is 2. The van der Waals surface area contributed by atoms with Crippen LogP contribution >= 0.6 is 0 Å². The SMILES string of the molecule is Nc1nc(-c2ccccc2)cn1N=Cc1ccc(F)cc1. The van der Waals surface area contributed by atoms with Crippen LogP contribution in [-0.2, 0) is 0 Å². The molecule has 4 nitrogen and oxygen atoms in total. The highest BCUT2D eigenvalue weighted by Crippen LogP contribution is 2.19. The molecule has 0 bridgehead atoms. The van der Waals surface area contributed by atoms with Crippen molar-refractivity contribution in [2.45, 2.75) is 0 Å². The van der Waals surface area contributed by atoms with Gasteiger partial charge in [-0.05, 0) is 17.7 Å². The van der Waals surface area contributed by atoms with Gasteiger partial charge in [-0.2, -0.15) is 5.10 Å². The van der Waals surface area contributed by atoms with Crippen molar-refractivity contribution in [2.75, 3.05) is 5.73 Å². The first-order valence-electron chi connectivity index (χ1n) is 6.42. The summed E-state index contributed by atoms with van der Waals surface area (Å²) >= 11 is 0. The van der Waals surface area contributed by atoms with Crippen molar-refractivity contribution >= 4 is 12.2 Å². The van der Waals surface area contributed by atoms with Crippen LogP contribution in [0, 0.1) is 5.82 Å². The number of hydrogen-bond donors (Lipinski definition) is 1. The van der Waals surface area contributed by atoms with Crippen LogP contribution in [0.4, 0.5) is 10.3 Å². The molecule has 0 saturated carbocycles. The molecule has 3 rings (SSSR count). The zero-order valence-corrected chi connectivity index (χ0v) is 11.1. The molecule has 104 valence electrons. The first kappa shape index (κ1) is 13.1. The van der Waals surface area contributed by atoms with Gasteiger partial charge in [-0.25, -0.2) is 14.1 Å². The van der Waals surface area contributed by atoms with Crippen LogP contribution in [0.1, 0.15) is 5.56 Å². The smallest absolute Gasteiger partial charge is 0.221 e. The number of imidazole rings is 1. The lowest BCUT2D eigenvalue weighted by molar-refractivity contribution is 0.628. The average Bonchev–Trinajstić information content (AvgIpc) is 2.89. The van der Waals surface area contributed by atoms with Gasteiger partial charge in [0, 0.05) is 5.56 Å². The largest absolute Gasteiger partial charge is 0.368 e. The minimum Gasteiger partial charge on any atom is -0.368 e. The Morgan fingerprint density at radius 1 is 1.05 bits per heavy atom. The zero-order chi connectivity index (χ0) is 14.7. The normalized spacial score (nSPS) is 11.1. The molecule has 0 amide bonds. The van der Waals surface area contributed by atoms with Crippen molar-refractivity contribution in [3.05, 3.63) is 72.2 Å². The third-order valence-corrected chi connectivity index (χ3v) is 2.99. The maximum atomic E-state index is 12.8. The van der Waals surface area contributed by atoms with E-state index in [2.05, 4.69) is 10.1 Å². The van der Waals surface area contributed by atoms with Gasteiger partial charge in [0.2, 0.25) is 5.95 Å². The number of nitrogen functional groups attached to an aromatic ring is 1. The van der Waals surface area contributed by atoms with Gasteiger partial charge in [-0.1, -0.05) is 42.5 Å². The molecule has 1 aromatic heterocycles. The Balaban J connectivity index is 1.86. The molecule has 21 heavy (non-hydrogen) atoms. The van der Waals surface area contributed by atoms with E-state index in [1.165, 1.54) is 16.8 Å². The summed E-state index contributed by atoms with van der Waals surface area (Å²) in [5.74, 6) is 0.0212. The van der Waals surface area contributed by atoms with Crippen LogP contribution < -0.4 is 5.73 Å². The predicted octanol–water partition coefficient (Wildman–Crippen LogP) is 3.15.